The number of hydrogen-bond donors (Lipinski definition) is 2. The first-order valence-electron chi connectivity index (χ1n) is 6.43. The Bertz CT molecular complexity index is 736. The third-order valence-electron chi connectivity index (χ3n) is 3.24. The highest BCUT2D eigenvalue weighted by atomic mass is 79.9. The van der Waals surface area contributed by atoms with Gasteiger partial charge in [0.2, 0.25) is 0 Å². The van der Waals surface area contributed by atoms with Gasteiger partial charge < -0.3 is 11.1 Å². The minimum Gasteiger partial charge on any atom is -0.398 e. The lowest BCUT2D eigenvalue weighted by Gasteiger charge is -2.09. The summed E-state index contributed by atoms with van der Waals surface area (Å²) < 4.78 is 1.14. The Morgan fingerprint density at radius 3 is 2.50 bits per heavy atom. The van der Waals surface area contributed by atoms with Crippen molar-refractivity contribution in [1.82, 2.24) is 5.32 Å². The lowest BCUT2D eigenvalue weighted by molar-refractivity contribution is 0.702. The van der Waals surface area contributed by atoms with E-state index in [9.17, 15) is 0 Å². The van der Waals surface area contributed by atoms with Crippen LogP contribution in [0.1, 0.15) is 10.4 Å². The summed E-state index contributed by atoms with van der Waals surface area (Å²) in [5.41, 5.74) is 8.13. The van der Waals surface area contributed by atoms with Gasteiger partial charge in [0.15, 0.2) is 0 Å². The monoisotopic (exact) mass is 346 g/mol. The van der Waals surface area contributed by atoms with Crippen molar-refractivity contribution < 1.29 is 0 Å². The van der Waals surface area contributed by atoms with Crippen LogP contribution in [0.2, 0.25) is 0 Å². The summed E-state index contributed by atoms with van der Waals surface area (Å²) in [5.74, 6) is 0. The van der Waals surface area contributed by atoms with E-state index in [1.54, 1.807) is 11.3 Å². The minimum absolute atomic E-state index is 0.784. The van der Waals surface area contributed by atoms with E-state index in [0.29, 0.717) is 0 Å². The Labute approximate surface area is 130 Å². The fourth-order valence-electron chi connectivity index (χ4n) is 2.23. The number of benzene rings is 2. The van der Waals surface area contributed by atoms with Gasteiger partial charge in [0.1, 0.15) is 0 Å². The van der Waals surface area contributed by atoms with Crippen LogP contribution < -0.4 is 11.1 Å². The smallest absolute Gasteiger partial charge is 0.0366 e. The van der Waals surface area contributed by atoms with Crippen LogP contribution in [0, 0.1) is 0 Å². The van der Waals surface area contributed by atoms with Crippen LogP contribution >= 0.6 is 27.3 Å². The molecule has 0 saturated heterocycles. The zero-order valence-corrected chi connectivity index (χ0v) is 13.3. The van der Waals surface area contributed by atoms with E-state index < -0.39 is 0 Å². The topological polar surface area (TPSA) is 38.0 Å². The van der Waals surface area contributed by atoms with Crippen molar-refractivity contribution in [3.05, 3.63) is 62.8 Å². The normalized spacial score (nSPS) is 11.1. The van der Waals surface area contributed by atoms with E-state index in [1.807, 2.05) is 12.1 Å². The van der Waals surface area contributed by atoms with Crippen molar-refractivity contribution in [2.45, 2.75) is 13.1 Å². The molecule has 2 aromatic carbocycles. The van der Waals surface area contributed by atoms with Crippen LogP contribution in [-0.2, 0) is 13.1 Å². The Kier molecular flexibility index (Phi) is 4.05. The van der Waals surface area contributed by atoms with Gasteiger partial charge in [-0.3, -0.25) is 0 Å². The van der Waals surface area contributed by atoms with Gasteiger partial charge in [-0.1, -0.05) is 24.3 Å². The maximum absolute atomic E-state index is 6.13. The first kappa shape index (κ1) is 13.6. The van der Waals surface area contributed by atoms with Gasteiger partial charge in [0.05, 0.1) is 0 Å². The molecule has 0 unspecified atom stereocenters. The van der Waals surface area contributed by atoms with E-state index in [1.165, 1.54) is 15.6 Å². The maximum Gasteiger partial charge on any atom is 0.0366 e. The molecule has 3 aromatic rings. The molecule has 20 heavy (non-hydrogen) atoms. The predicted octanol–water partition coefficient (Wildman–Crippen LogP) is 4.54. The molecule has 0 radical (unpaired) electrons. The highest BCUT2D eigenvalue weighted by Crippen LogP contribution is 2.22. The maximum atomic E-state index is 6.13. The van der Waals surface area contributed by atoms with Crippen molar-refractivity contribution in [2.24, 2.45) is 0 Å². The largest absolute Gasteiger partial charge is 0.398 e. The number of hydrogen-bond acceptors (Lipinski definition) is 3. The molecule has 0 bridgehead atoms. The Morgan fingerprint density at radius 1 is 1.05 bits per heavy atom. The summed E-state index contributed by atoms with van der Waals surface area (Å²) in [4.78, 5) is 1.32. The second-order valence-corrected chi connectivity index (χ2v) is 6.64. The molecule has 2 nitrogen and oxygen atoms in total. The SMILES string of the molecule is Nc1cc2ccccc2cc1CNCc1cc(Br)cs1. The molecule has 1 aromatic heterocycles. The van der Waals surface area contributed by atoms with E-state index in [0.717, 1.165) is 28.8 Å². The van der Waals surface area contributed by atoms with Crippen LogP contribution in [0.3, 0.4) is 0 Å². The lowest BCUT2D eigenvalue weighted by Crippen LogP contribution is -2.13. The van der Waals surface area contributed by atoms with Crippen molar-refractivity contribution in [2.75, 3.05) is 5.73 Å². The highest BCUT2D eigenvalue weighted by molar-refractivity contribution is 9.10. The predicted molar refractivity (Wildman–Crippen MR) is 90.9 cm³/mol. The number of rotatable bonds is 4. The summed E-state index contributed by atoms with van der Waals surface area (Å²) in [6, 6.07) is 14.7. The first-order valence-corrected chi connectivity index (χ1v) is 8.10. The zero-order chi connectivity index (χ0) is 13.9. The average molecular weight is 347 g/mol. The van der Waals surface area contributed by atoms with E-state index in [4.69, 9.17) is 5.73 Å². The summed E-state index contributed by atoms with van der Waals surface area (Å²) in [6.07, 6.45) is 0. The molecule has 102 valence electrons. The van der Waals surface area contributed by atoms with Crippen LogP contribution in [0.15, 0.2) is 52.3 Å². The van der Waals surface area contributed by atoms with E-state index in [2.05, 4.69) is 57.0 Å². The molecule has 0 spiro atoms. The van der Waals surface area contributed by atoms with Crippen molar-refractivity contribution in [3.8, 4) is 0 Å². The standard InChI is InChI=1S/C16H15BrN2S/c17-14-7-15(20-10-14)9-19-8-13-5-11-3-1-2-4-12(11)6-16(13)18/h1-7,10,19H,8-9,18H2. The highest BCUT2D eigenvalue weighted by Gasteiger charge is 2.03. The molecule has 0 saturated carbocycles. The summed E-state index contributed by atoms with van der Waals surface area (Å²) in [7, 11) is 0. The van der Waals surface area contributed by atoms with E-state index >= 15 is 0 Å². The Hall–Kier alpha value is -1.36. The first-order chi connectivity index (χ1) is 9.72. The molecule has 0 aliphatic rings. The second kappa shape index (κ2) is 5.95. The molecule has 0 fully saturated rings. The fourth-order valence-corrected chi connectivity index (χ4v) is 3.65. The number of thiophene rings is 1. The lowest BCUT2D eigenvalue weighted by atomic mass is 10.1. The molecule has 1 heterocycles. The quantitative estimate of drug-likeness (QED) is 0.680. The van der Waals surface area contributed by atoms with Crippen LogP contribution in [0.25, 0.3) is 10.8 Å². The summed E-state index contributed by atoms with van der Waals surface area (Å²) in [6.45, 7) is 1.65. The van der Waals surface area contributed by atoms with Gasteiger partial charge in [0, 0.05) is 33.5 Å². The molecule has 4 heteroatoms. The van der Waals surface area contributed by atoms with Gasteiger partial charge in [-0.15, -0.1) is 11.3 Å². The van der Waals surface area contributed by atoms with E-state index in [-0.39, 0.29) is 0 Å². The molecule has 0 atom stereocenters. The number of fused-ring (bicyclic) bond motifs is 1. The number of nitrogens with two attached hydrogens (primary N) is 1. The van der Waals surface area contributed by atoms with Gasteiger partial charge in [-0.05, 0) is 50.5 Å². The summed E-state index contributed by atoms with van der Waals surface area (Å²) in [5, 5.41) is 7.97. The van der Waals surface area contributed by atoms with Crippen LogP contribution in [-0.4, -0.2) is 0 Å². The molecule has 0 aliphatic carbocycles. The summed E-state index contributed by atoms with van der Waals surface area (Å²) >= 11 is 5.22. The van der Waals surface area contributed by atoms with Crippen LogP contribution in [0.4, 0.5) is 5.69 Å². The molecular weight excluding hydrogens is 332 g/mol. The van der Waals surface area contributed by atoms with Crippen molar-refractivity contribution in [3.63, 3.8) is 0 Å². The second-order valence-electron chi connectivity index (χ2n) is 4.73. The van der Waals surface area contributed by atoms with Crippen molar-refractivity contribution >= 4 is 43.7 Å². The van der Waals surface area contributed by atoms with Gasteiger partial charge in [0.25, 0.3) is 0 Å². The molecule has 3 rings (SSSR count). The Morgan fingerprint density at radius 2 is 1.80 bits per heavy atom. The van der Waals surface area contributed by atoms with Gasteiger partial charge in [-0.25, -0.2) is 0 Å². The zero-order valence-electron chi connectivity index (χ0n) is 10.9. The molecular formula is C16H15BrN2S. The third-order valence-corrected chi connectivity index (χ3v) is 4.94. The van der Waals surface area contributed by atoms with Gasteiger partial charge >= 0.3 is 0 Å². The van der Waals surface area contributed by atoms with Gasteiger partial charge in [-0.2, -0.15) is 0 Å². The third kappa shape index (κ3) is 3.03. The number of nitrogen functional groups attached to an aromatic ring is 1. The number of halogens is 1. The molecule has 3 N–H and O–H groups in total. The Balaban J connectivity index is 1.72. The number of nitrogens with one attached hydrogen (secondary N) is 1. The van der Waals surface area contributed by atoms with Crippen LogP contribution in [0.5, 0.6) is 0 Å². The minimum atomic E-state index is 0.784. The number of anilines is 1. The molecule has 0 aliphatic heterocycles. The average Bonchev–Trinajstić information content (AvgIpc) is 2.85. The fraction of sp³-hybridized carbons (Fsp3) is 0.125. The van der Waals surface area contributed by atoms with Crippen molar-refractivity contribution in [1.29, 1.82) is 0 Å². The molecule has 0 amide bonds.